The van der Waals surface area contributed by atoms with Crippen molar-refractivity contribution in [3.63, 3.8) is 0 Å². The molecule has 0 atom stereocenters. The van der Waals surface area contributed by atoms with E-state index in [4.69, 9.17) is 0 Å². The summed E-state index contributed by atoms with van der Waals surface area (Å²) in [6.45, 7) is 0. The molecule has 0 aromatic rings. The first-order valence-electron chi connectivity index (χ1n) is 0.378. The Hall–Kier alpha value is 1.93. The van der Waals surface area contributed by atoms with Gasteiger partial charge in [-0.05, 0) is 0 Å². The number of halogens is 3. The zero-order valence-electron chi connectivity index (χ0n) is 1.47. The third-order valence-corrected chi connectivity index (χ3v) is 0. The molecule has 0 unspecified atom stereocenters. The number of hydrogen-bond donors (Lipinski definition) is 0. The molecule has 0 fully saturated rings. The molecule has 0 aliphatic rings. The van der Waals surface area contributed by atoms with Gasteiger partial charge in [0, 0.05) is 0 Å². The minimum atomic E-state index is -4.10. The summed E-state index contributed by atoms with van der Waals surface area (Å²) in [6.07, 6.45) is 0. The molecule has 32 valence electrons. The normalized spacial score (nSPS) is 9.00. The van der Waals surface area contributed by atoms with Gasteiger partial charge in [0.15, 0.2) is 0 Å². The van der Waals surface area contributed by atoms with Gasteiger partial charge in [-0.2, -0.15) is 0 Å². The predicted molar refractivity (Wildman–Crippen MR) is 10.5 cm³/mol. The minimum absolute atomic E-state index is 0. The zero-order valence-corrected chi connectivity index (χ0v) is 2.51. The Bertz CT molecular complexity index is 11.6. The Morgan fingerprint density at radius 2 is 1.00 bits per heavy atom. The van der Waals surface area contributed by atoms with E-state index in [0.717, 1.165) is 0 Å². The van der Waals surface area contributed by atoms with Gasteiger partial charge in [0.05, 0.1) is 0 Å². The number of rotatable bonds is 0. The van der Waals surface area contributed by atoms with Crippen molar-refractivity contribution >= 4 is 51.4 Å². The van der Waals surface area contributed by atoms with Crippen molar-refractivity contribution in [1.82, 2.24) is 0 Å². The molecule has 0 radical (unpaired) electrons. The Morgan fingerprint density at radius 3 is 1.00 bits per heavy atom. The van der Waals surface area contributed by atoms with Crippen LogP contribution in [-0.2, 0) is 15.0 Å². The second-order valence-corrected chi connectivity index (χ2v) is 0.589. The van der Waals surface area contributed by atoms with Crippen LogP contribution in [0.4, 0.5) is 10.7 Å². The van der Waals surface area contributed by atoms with Gasteiger partial charge in [-0.15, -0.1) is 0 Å². The summed E-state index contributed by atoms with van der Waals surface area (Å²) < 4.78 is 29.2. The van der Waals surface area contributed by atoms with Gasteiger partial charge in [0.25, 0.3) is 0 Å². The van der Waals surface area contributed by atoms with Crippen LogP contribution in [0.3, 0.4) is 0 Å². The fourth-order valence-electron chi connectivity index (χ4n) is 0. The molecule has 5 heteroatoms. The molecule has 0 heterocycles. The first-order chi connectivity index (χ1) is 1.73. The molecule has 0 saturated carbocycles. The van der Waals surface area contributed by atoms with Gasteiger partial charge in [0.2, 0.25) is 0 Å². The molecule has 0 aliphatic heterocycles. The zero-order chi connectivity index (χ0) is 3.58. The average Bonchev–Trinajstić information content (AvgIpc) is 0.811. The van der Waals surface area contributed by atoms with Crippen LogP contribution in [0.2, 0.25) is 0 Å². The van der Waals surface area contributed by atoms with Crippen molar-refractivity contribution in [2.45, 2.75) is 0 Å². The van der Waals surface area contributed by atoms with Gasteiger partial charge >= 0.3 is 77.1 Å². The summed E-state index contributed by atoms with van der Waals surface area (Å²) >= 11 is -4.10. The quantitative estimate of drug-likeness (QED) is 0.451. The molecular weight excluding hydrogens is 155 g/mol. The molecule has 5 heavy (non-hydrogen) atoms. The molecule has 0 spiro atoms. The first-order valence-corrected chi connectivity index (χ1v) is 1.56. The van der Waals surface area contributed by atoms with Gasteiger partial charge in [-0.3, -0.25) is 0 Å². The molecular formula is HCoF3K. The van der Waals surface area contributed by atoms with Crippen molar-refractivity contribution in [3.8, 4) is 0 Å². The summed E-state index contributed by atoms with van der Waals surface area (Å²) in [7, 11) is 0. The van der Waals surface area contributed by atoms with Crippen LogP contribution in [0.5, 0.6) is 0 Å². The fourth-order valence-corrected chi connectivity index (χ4v) is 0. The maximum atomic E-state index is 9.73. The van der Waals surface area contributed by atoms with Crippen LogP contribution in [0.1, 0.15) is 0 Å². The van der Waals surface area contributed by atoms with Gasteiger partial charge in [0.1, 0.15) is 0 Å². The van der Waals surface area contributed by atoms with E-state index >= 15 is 0 Å². The number of hydrogen-bond acceptors (Lipinski definition) is 0. The summed E-state index contributed by atoms with van der Waals surface area (Å²) in [5, 5.41) is 0. The van der Waals surface area contributed by atoms with E-state index in [-0.39, 0.29) is 51.4 Å². The fraction of sp³-hybridized carbons (Fsp3) is 0. The van der Waals surface area contributed by atoms with Gasteiger partial charge in [-0.25, -0.2) is 0 Å². The third-order valence-electron chi connectivity index (χ3n) is 0. The van der Waals surface area contributed by atoms with Crippen LogP contribution in [0, 0.1) is 0 Å². The summed E-state index contributed by atoms with van der Waals surface area (Å²) in [6, 6.07) is 0. The topological polar surface area (TPSA) is 0 Å². The third kappa shape index (κ3) is 24.6. The van der Waals surface area contributed by atoms with E-state index in [0.29, 0.717) is 0 Å². The van der Waals surface area contributed by atoms with Gasteiger partial charge in [-0.1, -0.05) is 0 Å². The van der Waals surface area contributed by atoms with Crippen molar-refractivity contribution < 1.29 is 25.7 Å². The average molecular weight is 156 g/mol. The standard InChI is InChI=1S/Co.3FH.K.H/h;3*1H;;/q+3;;;;;/p-3. The van der Waals surface area contributed by atoms with E-state index in [2.05, 4.69) is 0 Å². The Morgan fingerprint density at radius 1 is 1.00 bits per heavy atom. The molecule has 0 amide bonds. The first kappa shape index (κ1) is 10.0. The molecule has 0 N–H and O–H groups in total. The van der Waals surface area contributed by atoms with E-state index in [1.54, 1.807) is 0 Å². The summed E-state index contributed by atoms with van der Waals surface area (Å²) in [5.41, 5.74) is 0. The van der Waals surface area contributed by atoms with Gasteiger partial charge < -0.3 is 0 Å². The Balaban J connectivity index is 0. The Kier molecular flexibility index (Phi) is 11.9. The summed E-state index contributed by atoms with van der Waals surface area (Å²) in [4.78, 5) is 0. The molecule has 0 aliphatic carbocycles. The molecule has 0 bridgehead atoms. The molecule has 0 aromatic heterocycles. The van der Waals surface area contributed by atoms with E-state index in [1.807, 2.05) is 0 Å². The predicted octanol–water partition coefficient (Wildman–Crippen LogP) is 0.610. The summed E-state index contributed by atoms with van der Waals surface area (Å²) in [5.74, 6) is 0. The SMILES string of the molecule is [F][Co]([F])[F].[KH]. The molecule has 0 aromatic carbocycles. The van der Waals surface area contributed by atoms with Crippen molar-refractivity contribution in [1.29, 1.82) is 0 Å². The maximum absolute atomic E-state index is 9.73. The van der Waals surface area contributed by atoms with Crippen LogP contribution in [0.25, 0.3) is 0 Å². The van der Waals surface area contributed by atoms with E-state index in [1.165, 1.54) is 0 Å². The monoisotopic (exact) mass is 156 g/mol. The Labute approximate surface area is 75.6 Å². The van der Waals surface area contributed by atoms with E-state index in [9.17, 15) is 10.7 Å². The molecule has 0 saturated heterocycles. The van der Waals surface area contributed by atoms with Crippen LogP contribution < -0.4 is 0 Å². The molecule has 0 nitrogen and oxygen atoms in total. The van der Waals surface area contributed by atoms with E-state index < -0.39 is 15.0 Å². The van der Waals surface area contributed by atoms with Crippen LogP contribution in [-0.4, -0.2) is 51.4 Å². The van der Waals surface area contributed by atoms with Crippen molar-refractivity contribution in [3.05, 3.63) is 0 Å². The molecule has 0 rings (SSSR count). The van der Waals surface area contributed by atoms with Crippen molar-refractivity contribution in [2.24, 2.45) is 0 Å². The second-order valence-electron chi connectivity index (χ2n) is 0.143. The van der Waals surface area contributed by atoms with Crippen molar-refractivity contribution in [2.75, 3.05) is 0 Å². The second kappa shape index (κ2) is 5.93. The van der Waals surface area contributed by atoms with Crippen LogP contribution >= 0.6 is 0 Å². The van der Waals surface area contributed by atoms with Crippen LogP contribution in [0.15, 0.2) is 0 Å².